The quantitative estimate of drug-likeness (QED) is 0.603. The molecular weight excluding hydrogens is 391 g/mol. The van der Waals surface area contributed by atoms with Crippen LogP contribution in [0.2, 0.25) is 0 Å². The van der Waals surface area contributed by atoms with Crippen LogP contribution >= 0.6 is 0 Å². The first-order valence-electron chi connectivity index (χ1n) is 9.91. The largest absolute Gasteiger partial charge is 0.497 e. The van der Waals surface area contributed by atoms with Crippen LogP contribution in [-0.4, -0.2) is 38.0 Å². The summed E-state index contributed by atoms with van der Waals surface area (Å²) in [6.07, 6.45) is 3.00. The Morgan fingerprint density at radius 2 is 1.90 bits per heavy atom. The van der Waals surface area contributed by atoms with Gasteiger partial charge in [0, 0.05) is 18.2 Å². The topological polar surface area (TPSA) is 89.0 Å². The summed E-state index contributed by atoms with van der Waals surface area (Å²) >= 11 is 0. The highest BCUT2D eigenvalue weighted by atomic mass is 19.1. The lowest BCUT2D eigenvalue weighted by atomic mass is 10.1. The minimum Gasteiger partial charge on any atom is -0.497 e. The molecule has 0 aromatic heterocycles. The van der Waals surface area contributed by atoms with E-state index in [9.17, 15) is 14.3 Å². The van der Waals surface area contributed by atoms with Gasteiger partial charge in [-0.3, -0.25) is 0 Å². The fraction of sp³-hybridized carbons (Fsp3) is 0.409. The summed E-state index contributed by atoms with van der Waals surface area (Å²) < 4.78 is 30.0. The second-order valence-corrected chi connectivity index (χ2v) is 7.12. The number of aliphatic hydroxyl groups is 1. The van der Waals surface area contributed by atoms with E-state index in [0.717, 1.165) is 25.7 Å². The molecule has 3 N–H and O–H groups in total. The zero-order valence-electron chi connectivity index (χ0n) is 17.1. The van der Waals surface area contributed by atoms with Crippen molar-refractivity contribution in [3.63, 3.8) is 0 Å². The zero-order valence-corrected chi connectivity index (χ0v) is 17.1. The van der Waals surface area contributed by atoms with E-state index >= 15 is 0 Å². The fourth-order valence-corrected chi connectivity index (χ4v) is 3.45. The van der Waals surface area contributed by atoms with E-state index in [1.807, 2.05) is 0 Å². The number of ether oxygens (including phenoxy) is 3. The third kappa shape index (κ3) is 5.54. The number of hydrogen-bond acceptors (Lipinski definition) is 5. The Kier molecular flexibility index (Phi) is 7.35. The molecule has 1 aliphatic rings. The predicted octanol–water partition coefficient (Wildman–Crippen LogP) is 4.02. The molecule has 2 amide bonds. The molecule has 8 heteroatoms. The van der Waals surface area contributed by atoms with Crippen LogP contribution in [0.25, 0.3) is 0 Å². The van der Waals surface area contributed by atoms with Crippen LogP contribution in [-0.2, 0) is 0 Å². The van der Waals surface area contributed by atoms with Crippen molar-refractivity contribution in [3.8, 4) is 17.2 Å². The number of halogens is 1. The van der Waals surface area contributed by atoms with Crippen molar-refractivity contribution in [2.24, 2.45) is 0 Å². The second-order valence-electron chi connectivity index (χ2n) is 7.12. The summed E-state index contributed by atoms with van der Waals surface area (Å²) in [6.45, 7) is -0.0601. The monoisotopic (exact) mass is 418 g/mol. The van der Waals surface area contributed by atoms with Gasteiger partial charge in [-0.15, -0.1) is 0 Å². The van der Waals surface area contributed by atoms with Gasteiger partial charge >= 0.3 is 6.03 Å². The lowest BCUT2D eigenvalue weighted by molar-refractivity contribution is 0.170. The molecule has 2 aromatic carbocycles. The number of urea groups is 1. The third-order valence-corrected chi connectivity index (χ3v) is 5.04. The molecule has 1 fully saturated rings. The molecule has 1 aliphatic carbocycles. The Labute approximate surface area is 175 Å². The highest BCUT2D eigenvalue weighted by Gasteiger charge is 2.20. The van der Waals surface area contributed by atoms with Gasteiger partial charge in [-0.2, -0.15) is 0 Å². The summed E-state index contributed by atoms with van der Waals surface area (Å²) in [5.74, 6) is 0.909. The lowest BCUT2D eigenvalue weighted by Gasteiger charge is -2.19. The molecule has 0 radical (unpaired) electrons. The van der Waals surface area contributed by atoms with Crippen molar-refractivity contribution < 1.29 is 28.5 Å². The molecule has 0 bridgehead atoms. The van der Waals surface area contributed by atoms with Crippen LogP contribution in [0, 0.1) is 5.82 Å². The maximum atomic E-state index is 13.7. The average Bonchev–Trinajstić information content (AvgIpc) is 3.26. The first-order chi connectivity index (χ1) is 14.5. The van der Waals surface area contributed by atoms with E-state index in [1.54, 1.807) is 18.2 Å². The molecule has 0 unspecified atom stereocenters. The number of aliphatic hydroxyl groups excluding tert-OH is 1. The van der Waals surface area contributed by atoms with Gasteiger partial charge in [-0.1, -0.05) is 0 Å². The number of carbonyl (C=O) groups excluding carboxylic acids is 1. The summed E-state index contributed by atoms with van der Waals surface area (Å²) in [5.41, 5.74) is 0.860. The number of amides is 2. The van der Waals surface area contributed by atoms with Gasteiger partial charge in [-0.05, 0) is 56.0 Å². The second kappa shape index (κ2) is 10.2. The molecule has 30 heavy (non-hydrogen) atoms. The van der Waals surface area contributed by atoms with Gasteiger partial charge in [0.15, 0.2) is 0 Å². The van der Waals surface area contributed by atoms with Crippen molar-refractivity contribution in [3.05, 3.63) is 47.8 Å². The summed E-state index contributed by atoms with van der Waals surface area (Å²) in [7, 11) is 3.02. The SMILES string of the molecule is COc1ccc(OC)c([C@H](O)CNC(=O)Nc2ccc(F)cc2OC2CCCC2)c1. The normalized spacial score (nSPS) is 14.8. The number of methoxy groups -OCH3 is 2. The molecule has 162 valence electrons. The van der Waals surface area contributed by atoms with E-state index in [-0.39, 0.29) is 12.6 Å². The van der Waals surface area contributed by atoms with Crippen LogP contribution in [0.1, 0.15) is 37.4 Å². The fourth-order valence-electron chi connectivity index (χ4n) is 3.45. The lowest BCUT2D eigenvalue weighted by Crippen LogP contribution is -2.32. The maximum absolute atomic E-state index is 13.7. The molecule has 1 atom stereocenters. The first kappa shape index (κ1) is 21.7. The number of hydrogen-bond donors (Lipinski definition) is 3. The number of carbonyl (C=O) groups is 1. The number of anilines is 1. The van der Waals surface area contributed by atoms with Crippen molar-refractivity contribution in [2.45, 2.75) is 37.9 Å². The highest BCUT2D eigenvalue weighted by molar-refractivity contribution is 5.90. The van der Waals surface area contributed by atoms with E-state index in [1.165, 1.54) is 32.4 Å². The maximum Gasteiger partial charge on any atom is 0.319 e. The molecule has 0 spiro atoms. The Morgan fingerprint density at radius 3 is 2.60 bits per heavy atom. The van der Waals surface area contributed by atoms with Crippen molar-refractivity contribution in [2.75, 3.05) is 26.1 Å². The Bertz CT molecular complexity index is 871. The van der Waals surface area contributed by atoms with Gasteiger partial charge in [-0.25, -0.2) is 9.18 Å². The summed E-state index contributed by atoms with van der Waals surface area (Å²) in [4.78, 5) is 12.4. The third-order valence-electron chi connectivity index (χ3n) is 5.04. The minimum atomic E-state index is -1.01. The van der Waals surface area contributed by atoms with Gasteiger partial charge in [0.25, 0.3) is 0 Å². The van der Waals surface area contributed by atoms with Gasteiger partial charge < -0.3 is 30.0 Å². The zero-order chi connectivity index (χ0) is 21.5. The van der Waals surface area contributed by atoms with E-state index in [2.05, 4.69) is 10.6 Å². The Morgan fingerprint density at radius 1 is 1.13 bits per heavy atom. The van der Waals surface area contributed by atoms with Crippen LogP contribution in [0.4, 0.5) is 14.9 Å². The van der Waals surface area contributed by atoms with E-state index in [4.69, 9.17) is 14.2 Å². The minimum absolute atomic E-state index is 0.0257. The Hall–Kier alpha value is -3.00. The van der Waals surface area contributed by atoms with Crippen LogP contribution < -0.4 is 24.8 Å². The average molecular weight is 418 g/mol. The molecule has 0 saturated heterocycles. The Balaban J connectivity index is 1.62. The first-order valence-corrected chi connectivity index (χ1v) is 9.91. The van der Waals surface area contributed by atoms with Crippen LogP contribution in [0.3, 0.4) is 0 Å². The van der Waals surface area contributed by atoms with Crippen molar-refractivity contribution in [1.82, 2.24) is 5.32 Å². The standard InChI is InChI=1S/C22H27FN2O5/c1-28-16-8-10-20(29-2)17(12-16)19(26)13-24-22(27)25-18-9-7-14(23)11-21(18)30-15-5-3-4-6-15/h7-12,15,19,26H,3-6,13H2,1-2H3,(H2,24,25,27)/t19-/m1/s1. The van der Waals surface area contributed by atoms with Crippen molar-refractivity contribution >= 4 is 11.7 Å². The molecule has 0 heterocycles. The number of benzene rings is 2. The number of rotatable bonds is 8. The number of nitrogens with one attached hydrogen (secondary N) is 2. The van der Waals surface area contributed by atoms with E-state index in [0.29, 0.717) is 28.5 Å². The highest BCUT2D eigenvalue weighted by Crippen LogP contribution is 2.31. The smallest absolute Gasteiger partial charge is 0.319 e. The van der Waals surface area contributed by atoms with Gasteiger partial charge in [0.05, 0.1) is 26.0 Å². The van der Waals surface area contributed by atoms with Crippen molar-refractivity contribution in [1.29, 1.82) is 0 Å². The molecule has 2 aromatic rings. The predicted molar refractivity (Wildman–Crippen MR) is 111 cm³/mol. The molecule has 3 rings (SSSR count). The van der Waals surface area contributed by atoms with Gasteiger partial charge in [0.2, 0.25) is 0 Å². The van der Waals surface area contributed by atoms with Crippen LogP contribution in [0.5, 0.6) is 17.2 Å². The van der Waals surface area contributed by atoms with Gasteiger partial charge in [0.1, 0.15) is 29.2 Å². The van der Waals surface area contributed by atoms with Crippen LogP contribution in [0.15, 0.2) is 36.4 Å². The molecule has 0 aliphatic heterocycles. The van der Waals surface area contributed by atoms with E-state index < -0.39 is 18.0 Å². The molecular formula is C22H27FN2O5. The molecule has 7 nitrogen and oxygen atoms in total. The molecule has 1 saturated carbocycles. The summed E-state index contributed by atoms with van der Waals surface area (Å²) in [5, 5.41) is 15.8. The summed E-state index contributed by atoms with van der Waals surface area (Å²) in [6, 6.07) is 8.49.